The van der Waals surface area contributed by atoms with Crippen LogP contribution >= 0.6 is 11.3 Å². The Kier molecular flexibility index (Phi) is 6.45. The molecular weight excluding hydrogens is 388 g/mol. The molecule has 7 nitrogen and oxygen atoms in total. The molecule has 28 heavy (non-hydrogen) atoms. The number of amides is 1. The number of aromatic amines is 1. The molecule has 0 radical (unpaired) electrons. The highest BCUT2D eigenvalue weighted by molar-refractivity contribution is 7.09. The molecule has 0 saturated heterocycles. The molecule has 10 heteroatoms. The molecule has 3 aromatic heterocycles. The van der Waals surface area contributed by atoms with Crippen molar-refractivity contribution in [1.29, 1.82) is 0 Å². The Morgan fingerprint density at radius 2 is 2.14 bits per heavy atom. The third-order valence-corrected chi connectivity index (χ3v) is 5.04. The molecule has 0 aliphatic rings. The molecule has 1 atom stereocenters. The molecule has 0 bridgehead atoms. The minimum Gasteiger partial charge on any atom is -0.390 e. The Labute approximate surface area is 163 Å². The monoisotopic (exact) mass is 407 g/mol. The fourth-order valence-corrected chi connectivity index (χ4v) is 3.48. The summed E-state index contributed by atoms with van der Waals surface area (Å²) in [4.78, 5) is 23.8. The molecule has 5 N–H and O–H groups in total. The molecular formula is C18H19F2N5O2S. The predicted molar refractivity (Wildman–Crippen MR) is 101 cm³/mol. The van der Waals surface area contributed by atoms with E-state index in [9.17, 15) is 13.6 Å². The molecule has 0 saturated carbocycles. The zero-order valence-electron chi connectivity index (χ0n) is 14.7. The standard InChI is InChI=1S/C18H19F2N5O2S/c19-16(20)10-1-2-12(22-7-10)13-3-4-14(24-13)17(27)25-15(5-6-21)18-23-11(8-26)9-28-18/h1-4,7,9,15-16,24,26H,5-6,8,21H2,(H,25,27). The van der Waals surface area contributed by atoms with Crippen LogP contribution < -0.4 is 11.1 Å². The first kappa shape index (κ1) is 20.1. The van der Waals surface area contributed by atoms with Crippen molar-refractivity contribution in [3.8, 4) is 11.4 Å². The van der Waals surface area contributed by atoms with Crippen LogP contribution in [0.3, 0.4) is 0 Å². The highest BCUT2D eigenvalue weighted by Crippen LogP contribution is 2.23. The van der Waals surface area contributed by atoms with E-state index in [0.29, 0.717) is 40.7 Å². The normalized spacial score (nSPS) is 12.3. The molecule has 3 heterocycles. The molecule has 148 valence electrons. The number of aliphatic hydroxyl groups is 1. The van der Waals surface area contributed by atoms with Crippen molar-refractivity contribution < 1.29 is 18.7 Å². The van der Waals surface area contributed by atoms with Crippen LogP contribution in [-0.4, -0.2) is 32.5 Å². The van der Waals surface area contributed by atoms with Crippen molar-refractivity contribution in [3.05, 3.63) is 57.8 Å². The third kappa shape index (κ3) is 4.58. The van der Waals surface area contributed by atoms with Gasteiger partial charge in [-0.1, -0.05) is 0 Å². The number of carbonyl (C=O) groups is 1. The zero-order chi connectivity index (χ0) is 20.1. The number of aliphatic hydroxyl groups excluding tert-OH is 1. The molecule has 0 aromatic carbocycles. The predicted octanol–water partition coefficient (Wildman–Crippen LogP) is 2.78. The lowest BCUT2D eigenvalue weighted by atomic mass is 10.2. The number of thiazole rings is 1. The Balaban J connectivity index is 1.73. The molecule has 0 fully saturated rings. The second-order valence-electron chi connectivity index (χ2n) is 6.00. The number of aromatic nitrogens is 3. The van der Waals surface area contributed by atoms with E-state index in [1.807, 2.05) is 0 Å². The quantitative estimate of drug-likeness (QED) is 0.458. The number of hydrogen-bond acceptors (Lipinski definition) is 6. The van der Waals surface area contributed by atoms with E-state index in [4.69, 9.17) is 10.8 Å². The van der Waals surface area contributed by atoms with E-state index >= 15 is 0 Å². The van der Waals surface area contributed by atoms with E-state index in [1.165, 1.54) is 23.5 Å². The summed E-state index contributed by atoms with van der Waals surface area (Å²) in [6, 6.07) is 5.64. The summed E-state index contributed by atoms with van der Waals surface area (Å²) >= 11 is 1.34. The lowest BCUT2D eigenvalue weighted by Gasteiger charge is -2.15. The number of nitrogens with zero attached hydrogens (tertiary/aromatic N) is 2. The maximum absolute atomic E-state index is 12.6. The van der Waals surface area contributed by atoms with Crippen molar-refractivity contribution in [3.63, 3.8) is 0 Å². The van der Waals surface area contributed by atoms with Crippen molar-refractivity contribution in [2.75, 3.05) is 6.54 Å². The minimum absolute atomic E-state index is 0.163. The van der Waals surface area contributed by atoms with Gasteiger partial charge in [-0.2, -0.15) is 0 Å². The number of alkyl halides is 2. The number of rotatable bonds is 8. The number of halogens is 2. The number of carbonyl (C=O) groups excluding carboxylic acids is 1. The number of hydrogen-bond donors (Lipinski definition) is 4. The van der Waals surface area contributed by atoms with Crippen molar-refractivity contribution in [2.45, 2.75) is 25.5 Å². The summed E-state index contributed by atoms with van der Waals surface area (Å²) in [5, 5.41) is 14.4. The van der Waals surface area contributed by atoms with Crippen LogP contribution in [0.15, 0.2) is 35.8 Å². The molecule has 3 aromatic rings. The summed E-state index contributed by atoms with van der Waals surface area (Å²) in [7, 11) is 0. The average Bonchev–Trinajstić information content (AvgIpc) is 3.37. The highest BCUT2D eigenvalue weighted by Gasteiger charge is 2.20. The number of H-pyrrole nitrogens is 1. The van der Waals surface area contributed by atoms with Crippen LogP contribution in [0.1, 0.15) is 45.6 Å². The SMILES string of the molecule is NCCC(NC(=O)c1ccc(-c2ccc(C(F)F)cn2)[nH]1)c1nc(CO)cs1. The van der Waals surface area contributed by atoms with Crippen molar-refractivity contribution in [2.24, 2.45) is 5.73 Å². The first-order valence-electron chi connectivity index (χ1n) is 8.51. The third-order valence-electron chi connectivity index (χ3n) is 4.04. The summed E-state index contributed by atoms with van der Waals surface area (Å²) < 4.78 is 25.3. The van der Waals surface area contributed by atoms with E-state index < -0.39 is 6.43 Å². The second-order valence-corrected chi connectivity index (χ2v) is 6.89. The average molecular weight is 407 g/mol. The van der Waals surface area contributed by atoms with E-state index in [-0.39, 0.29) is 24.1 Å². The molecule has 1 unspecified atom stereocenters. The first-order valence-corrected chi connectivity index (χ1v) is 9.39. The summed E-state index contributed by atoms with van der Waals surface area (Å²) in [5.41, 5.74) is 7.31. The van der Waals surface area contributed by atoms with Gasteiger partial charge in [-0.3, -0.25) is 9.78 Å². The molecule has 0 spiro atoms. The topological polar surface area (TPSA) is 117 Å². The van der Waals surface area contributed by atoms with Gasteiger partial charge >= 0.3 is 0 Å². The lowest BCUT2D eigenvalue weighted by Crippen LogP contribution is -2.30. The van der Waals surface area contributed by atoms with Gasteiger partial charge in [-0.15, -0.1) is 11.3 Å². The van der Waals surface area contributed by atoms with Crippen LogP contribution in [0.2, 0.25) is 0 Å². The van der Waals surface area contributed by atoms with Gasteiger partial charge in [0.2, 0.25) is 0 Å². The fourth-order valence-electron chi connectivity index (χ4n) is 2.59. The Hall–Kier alpha value is -2.69. The van der Waals surface area contributed by atoms with E-state index in [0.717, 1.165) is 6.20 Å². The molecule has 0 aliphatic carbocycles. The Bertz CT molecular complexity index is 926. The van der Waals surface area contributed by atoms with Gasteiger partial charge in [-0.25, -0.2) is 13.8 Å². The first-order chi connectivity index (χ1) is 13.5. The fraction of sp³-hybridized carbons (Fsp3) is 0.278. The Morgan fingerprint density at radius 1 is 1.32 bits per heavy atom. The van der Waals surface area contributed by atoms with Gasteiger partial charge in [-0.05, 0) is 37.2 Å². The van der Waals surface area contributed by atoms with Gasteiger partial charge in [0.25, 0.3) is 12.3 Å². The van der Waals surface area contributed by atoms with Crippen molar-refractivity contribution >= 4 is 17.2 Å². The highest BCUT2D eigenvalue weighted by atomic mass is 32.1. The lowest BCUT2D eigenvalue weighted by molar-refractivity contribution is 0.0930. The number of pyridine rings is 1. The van der Waals surface area contributed by atoms with Gasteiger partial charge in [0.1, 0.15) is 10.7 Å². The van der Waals surface area contributed by atoms with Crippen LogP contribution in [0, 0.1) is 0 Å². The van der Waals surface area contributed by atoms with Crippen LogP contribution in [0.5, 0.6) is 0 Å². The van der Waals surface area contributed by atoms with Gasteiger partial charge in [0.15, 0.2) is 0 Å². The largest absolute Gasteiger partial charge is 0.390 e. The maximum Gasteiger partial charge on any atom is 0.268 e. The molecule has 1 amide bonds. The molecule has 0 aliphatic heterocycles. The Morgan fingerprint density at radius 3 is 2.75 bits per heavy atom. The summed E-state index contributed by atoms with van der Waals surface area (Å²) in [5.74, 6) is -0.352. The van der Waals surface area contributed by atoms with Crippen molar-refractivity contribution in [1.82, 2.24) is 20.3 Å². The summed E-state index contributed by atoms with van der Waals surface area (Å²) in [6.45, 7) is 0.187. The number of nitrogens with two attached hydrogens (primary N) is 1. The van der Waals surface area contributed by atoms with Crippen LogP contribution in [-0.2, 0) is 6.61 Å². The van der Waals surface area contributed by atoms with E-state index in [1.54, 1.807) is 17.5 Å². The van der Waals surface area contributed by atoms with Gasteiger partial charge in [0.05, 0.1) is 29.7 Å². The second kappa shape index (κ2) is 9.00. The van der Waals surface area contributed by atoms with Crippen LogP contribution in [0.25, 0.3) is 11.4 Å². The minimum atomic E-state index is -2.58. The summed E-state index contributed by atoms with van der Waals surface area (Å²) in [6.07, 6.45) is -0.976. The van der Waals surface area contributed by atoms with E-state index in [2.05, 4.69) is 20.3 Å². The molecule has 3 rings (SSSR count). The smallest absolute Gasteiger partial charge is 0.268 e. The van der Waals surface area contributed by atoms with Crippen LogP contribution in [0.4, 0.5) is 8.78 Å². The van der Waals surface area contributed by atoms with Gasteiger partial charge in [0, 0.05) is 17.1 Å². The van der Waals surface area contributed by atoms with Gasteiger partial charge < -0.3 is 21.1 Å². The zero-order valence-corrected chi connectivity index (χ0v) is 15.5. The number of nitrogens with one attached hydrogen (secondary N) is 2. The maximum atomic E-state index is 12.6.